The molecule has 7 heteroatoms. The van der Waals surface area contributed by atoms with Crippen LogP contribution in [0.2, 0.25) is 0 Å². The number of nitrogens with zero attached hydrogens (tertiary/aromatic N) is 1. The van der Waals surface area contributed by atoms with Crippen molar-refractivity contribution in [2.24, 2.45) is 17.8 Å². The molecule has 1 saturated heterocycles. The molecule has 4 rings (SSSR count). The Labute approximate surface area is 177 Å². The number of hydrogen-bond donors (Lipinski definition) is 2. The van der Waals surface area contributed by atoms with Crippen LogP contribution in [-0.2, 0) is 15.1 Å². The fraction of sp³-hybridized carbons (Fsp3) is 0.609. The topological polar surface area (TPSA) is 87.7 Å². The van der Waals surface area contributed by atoms with E-state index >= 15 is 0 Å². The monoisotopic (exact) mass is 413 g/mol. The van der Waals surface area contributed by atoms with E-state index in [4.69, 9.17) is 4.74 Å². The van der Waals surface area contributed by atoms with Crippen molar-refractivity contribution in [3.8, 4) is 5.75 Å². The molecule has 0 radical (unpaired) electrons. The average molecular weight is 414 g/mol. The van der Waals surface area contributed by atoms with Gasteiger partial charge in [0.2, 0.25) is 5.91 Å². The van der Waals surface area contributed by atoms with Gasteiger partial charge in [0.1, 0.15) is 17.8 Å². The van der Waals surface area contributed by atoms with E-state index < -0.39 is 11.6 Å². The molecular formula is C23H31N3O4. The maximum absolute atomic E-state index is 13.2. The molecule has 7 nitrogen and oxygen atoms in total. The summed E-state index contributed by atoms with van der Waals surface area (Å²) in [4.78, 5) is 39.6. The van der Waals surface area contributed by atoms with E-state index in [0.717, 1.165) is 10.8 Å². The lowest BCUT2D eigenvalue weighted by atomic mass is 9.84. The number of fused-ring (bicyclic) bond motifs is 2. The number of carbonyl (C=O) groups excluding carboxylic acids is 3. The van der Waals surface area contributed by atoms with Crippen LogP contribution >= 0.6 is 0 Å². The third-order valence-corrected chi connectivity index (χ3v) is 7.41. The summed E-state index contributed by atoms with van der Waals surface area (Å²) in [6.07, 6.45) is 5.41. The van der Waals surface area contributed by atoms with Gasteiger partial charge in [0.25, 0.3) is 5.91 Å². The van der Waals surface area contributed by atoms with Gasteiger partial charge in [-0.25, -0.2) is 4.79 Å². The highest BCUT2D eigenvalue weighted by atomic mass is 16.5. The Kier molecular flexibility index (Phi) is 5.47. The summed E-state index contributed by atoms with van der Waals surface area (Å²) in [5.74, 6) is 2.01. The molecule has 5 atom stereocenters. The normalized spacial score (nSPS) is 31.0. The van der Waals surface area contributed by atoms with Crippen molar-refractivity contribution in [1.82, 2.24) is 15.5 Å². The van der Waals surface area contributed by atoms with Crippen LogP contribution in [-0.4, -0.2) is 42.4 Å². The van der Waals surface area contributed by atoms with Gasteiger partial charge in [0.05, 0.1) is 7.11 Å². The second kappa shape index (κ2) is 7.93. The van der Waals surface area contributed by atoms with Crippen LogP contribution in [0.25, 0.3) is 0 Å². The molecule has 2 N–H and O–H groups in total. The molecule has 2 aliphatic carbocycles. The highest BCUT2D eigenvalue weighted by Gasteiger charge is 2.52. The molecule has 4 amide bonds. The molecule has 3 fully saturated rings. The quantitative estimate of drug-likeness (QED) is 0.673. The van der Waals surface area contributed by atoms with E-state index in [2.05, 4.69) is 10.6 Å². The van der Waals surface area contributed by atoms with Gasteiger partial charge < -0.3 is 15.4 Å². The minimum atomic E-state index is -1.15. The van der Waals surface area contributed by atoms with Gasteiger partial charge in [0, 0.05) is 6.04 Å². The molecule has 3 aliphatic rings. The number of methoxy groups -OCH3 is 1. The second-order valence-electron chi connectivity index (χ2n) is 9.00. The number of urea groups is 1. The maximum atomic E-state index is 13.2. The number of rotatable bonds is 7. The number of amides is 4. The Morgan fingerprint density at radius 1 is 1.27 bits per heavy atom. The van der Waals surface area contributed by atoms with Crippen molar-refractivity contribution in [2.75, 3.05) is 13.7 Å². The predicted molar refractivity (Wildman–Crippen MR) is 112 cm³/mol. The predicted octanol–water partition coefficient (Wildman–Crippen LogP) is 2.79. The summed E-state index contributed by atoms with van der Waals surface area (Å²) in [5.41, 5.74) is -0.470. The van der Waals surface area contributed by atoms with Gasteiger partial charge >= 0.3 is 6.03 Å². The largest absolute Gasteiger partial charge is 0.497 e. The van der Waals surface area contributed by atoms with E-state index in [1.165, 1.54) is 25.7 Å². The van der Waals surface area contributed by atoms with E-state index in [9.17, 15) is 14.4 Å². The summed E-state index contributed by atoms with van der Waals surface area (Å²) in [7, 11) is 1.57. The minimum Gasteiger partial charge on any atom is -0.497 e. The highest BCUT2D eigenvalue weighted by molar-refractivity contribution is 6.09. The number of carbonyl (C=O) groups is 3. The minimum absolute atomic E-state index is 0.0612. The highest BCUT2D eigenvalue weighted by Crippen LogP contribution is 2.49. The summed E-state index contributed by atoms with van der Waals surface area (Å²) in [6.45, 7) is 3.64. The SMILES string of the molecule is CC[C@]1(c2ccc(OC)cc2)NC(=O)N(CC(=O)N[C@H](C)[C@@H]2C[C@H]3CC[C@H]2C3)C1=O. The third-order valence-electron chi connectivity index (χ3n) is 7.41. The van der Waals surface area contributed by atoms with Crippen molar-refractivity contribution >= 4 is 17.8 Å². The summed E-state index contributed by atoms with van der Waals surface area (Å²) in [5, 5.41) is 5.87. The van der Waals surface area contributed by atoms with Crippen molar-refractivity contribution in [2.45, 2.75) is 57.5 Å². The zero-order valence-electron chi connectivity index (χ0n) is 17.9. The van der Waals surface area contributed by atoms with Crippen LogP contribution in [0.15, 0.2) is 24.3 Å². The number of imide groups is 1. The zero-order valence-corrected chi connectivity index (χ0v) is 17.9. The van der Waals surface area contributed by atoms with E-state index in [-0.39, 0.29) is 24.4 Å². The van der Waals surface area contributed by atoms with Crippen LogP contribution in [0.3, 0.4) is 0 Å². The fourth-order valence-electron chi connectivity index (χ4n) is 5.74. The van der Waals surface area contributed by atoms with Crippen molar-refractivity contribution in [3.63, 3.8) is 0 Å². The van der Waals surface area contributed by atoms with Crippen LogP contribution in [0.1, 0.15) is 51.5 Å². The van der Waals surface area contributed by atoms with Gasteiger partial charge in [-0.1, -0.05) is 25.5 Å². The summed E-state index contributed by atoms with van der Waals surface area (Å²) < 4.78 is 5.18. The smallest absolute Gasteiger partial charge is 0.325 e. The van der Waals surface area contributed by atoms with Gasteiger partial charge in [-0.15, -0.1) is 0 Å². The average Bonchev–Trinajstić information content (AvgIpc) is 3.44. The Morgan fingerprint density at radius 3 is 2.57 bits per heavy atom. The molecule has 2 saturated carbocycles. The van der Waals surface area contributed by atoms with Crippen molar-refractivity contribution in [1.29, 1.82) is 0 Å². The first-order valence-corrected chi connectivity index (χ1v) is 11.0. The molecule has 0 spiro atoms. The van der Waals surface area contributed by atoms with Crippen molar-refractivity contribution < 1.29 is 19.1 Å². The molecule has 162 valence electrons. The van der Waals surface area contributed by atoms with Crippen LogP contribution in [0, 0.1) is 17.8 Å². The Hall–Kier alpha value is -2.57. The first-order chi connectivity index (χ1) is 14.4. The zero-order chi connectivity index (χ0) is 21.5. The second-order valence-corrected chi connectivity index (χ2v) is 9.00. The summed E-state index contributed by atoms with van der Waals surface area (Å²) in [6, 6.07) is 6.62. The number of nitrogens with one attached hydrogen (secondary N) is 2. The van der Waals surface area contributed by atoms with E-state index in [0.29, 0.717) is 29.6 Å². The van der Waals surface area contributed by atoms with Gasteiger partial charge in [-0.2, -0.15) is 0 Å². The lowest BCUT2D eigenvalue weighted by molar-refractivity contribution is -0.135. The molecule has 0 unspecified atom stereocenters. The molecule has 30 heavy (non-hydrogen) atoms. The van der Waals surface area contributed by atoms with Gasteiger partial charge in [-0.05, 0) is 68.1 Å². The number of ether oxygens (including phenoxy) is 1. The maximum Gasteiger partial charge on any atom is 0.325 e. The molecule has 1 aliphatic heterocycles. The lowest BCUT2D eigenvalue weighted by Gasteiger charge is -2.29. The van der Waals surface area contributed by atoms with Crippen LogP contribution in [0.4, 0.5) is 4.79 Å². The number of benzene rings is 1. The van der Waals surface area contributed by atoms with Gasteiger partial charge in [-0.3, -0.25) is 14.5 Å². The molecule has 1 aromatic carbocycles. The van der Waals surface area contributed by atoms with Gasteiger partial charge in [0.15, 0.2) is 0 Å². The lowest BCUT2D eigenvalue weighted by Crippen LogP contribution is -2.47. The van der Waals surface area contributed by atoms with Crippen LogP contribution in [0.5, 0.6) is 5.75 Å². The molecule has 0 aromatic heterocycles. The molecule has 1 aromatic rings. The van der Waals surface area contributed by atoms with Crippen molar-refractivity contribution in [3.05, 3.63) is 29.8 Å². The Balaban J connectivity index is 1.43. The Bertz CT molecular complexity index is 839. The van der Waals surface area contributed by atoms with E-state index in [1.807, 2.05) is 13.8 Å². The molecule has 1 heterocycles. The summed E-state index contributed by atoms with van der Waals surface area (Å²) >= 11 is 0. The van der Waals surface area contributed by atoms with E-state index in [1.54, 1.807) is 31.4 Å². The Morgan fingerprint density at radius 2 is 2.00 bits per heavy atom. The standard InChI is InChI=1S/C23H31N3O4/c1-4-23(17-7-9-18(30-3)10-8-17)21(28)26(22(29)25-23)13-20(27)24-14(2)19-12-15-5-6-16(19)11-15/h7-10,14-16,19H,4-6,11-13H2,1-3H3,(H,24,27)(H,25,29)/t14-,15+,16+,19+,23-/m1/s1. The molecular weight excluding hydrogens is 382 g/mol. The molecule has 2 bridgehead atoms. The first kappa shape index (κ1) is 20.7. The first-order valence-electron chi connectivity index (χ1n) is 11.0. The fourth-order valence-corrected chi connectivity index (χ4v) is 5.74. The number of hydrogen-bond acceptors (Lipinski definition) is 4. The third kappa shape index (κ3) is 3.44. The van der Waals surface area contributed by atoms with Crippen LogP contribution < -0.4 is 15.4 Å².